The molecule has 0 aliphatic carbocycles. The molecule has 0 saturated carbocycles. The lowest BCUT2D eigenvalue weighted by molar-refractivity contribution is -0.130. The molecule has 2 saturated heterocycles. The lowest BCUT2D eigenvalue weighted by Crippen LogP contribution is -2.41. The number of rotatable bonds is 4. The molecule has 1 N–H and O–H groups in total. The van der Waals surface area contributed by atoms with E-state index < -0.39 is 0 Å². The molecule has 1 aromatic rings. The molecule has 4 nitrogen and oxygen atoms in total. The van der Waals surface area contributed by atoms with Crippen molar-refractivity contribution >= 4 is 17.5 Å². The van der Waals surface area contributed by atoms with E-state index in [0.29, 0.717) is 44.2 Å². The highest BCUT2D eigenvalue weighted by Crippen LogP contribution is 2.41. The predicted octanol–water partition coefficient (Wildman–Crippen LogP) is 2.13. The number of amides is 1. The van der Waals surface area contributed by atoms with Gasteiger partial charge in [-0.3, -0.25) is 4.79 Å². The molecule has 5 heteroatoms. The minimum Gasteiger partial charge on any atom is -0.396 e. The number of aliphatic hydroxyl groups is 1. The Morgan fingerprint density at radius 3 is 3.00 bits per heavy atom. The maximum atomic E-state index is 12.5. The molecular formula is C17H22ClNO3. The van der Waals surface area contributed by atoms with E-state index in [1.165, 1.54) is 0 Å². The molecule has 1 amide bonds. The summed E-state index contributed by atoms with van der Waals surface area (Å²) in [7, 11) is 0. The first-order chi connectivity index (χ1) is 10.6. The third-order valence-corrected chi connectivity index (χ3v) is 5.48. The first kappa shape index (κ1) is 15.8. The van der Waals surface area contributed by atoms with Crippen LogP contribution in [0, 0.1) is 11.3 Å². The molecule has 2 aliphatic rings. The van der Waals surface area contributed by atoms with Gasteiger partial charge in [0.1, 0.15) is 0 Å². The van der Waals surface area contributed by atoms with E-state index in [4.69, 9.17) is 16.3 Å². The topological polar surface area (TPSA) is 49.8 Å². The predicted molar refractivity (Wildman–Crippen MR) is 84.8 cm³/mol. The van der Waals surface area contributed by atoms with Crippen LogP contribution in [0.4, 0.5) is 0 Å². The second-order valence-electron chi connectivity index (χ2n) is 6.41. The Balaban J connectivity index is 1.60. The van der Waals surface area contributed by atoms with Crippen molar-refractivity contribution in [3.8, 4) is 0 Å². The van der Waals surface area contributed by atoms with Crippen LogP contribution in [0.1, 0.15) is 18.4 Å². The first-order valence-electron chi connectivity index (χ1n) is 7.84. The van der Waals surface area contributed by atoms with E-state index in [2.05, 4.69) is 0 Å². The van der Waals surface area contributed by atoms with Gasteiger partial charge in [0.2, 0.25) is 5.91 Å². The highest BCUT2D eigenvalue weighted by atomic mass is 35.5. The third kappa shape index (κ3) is 3.00. The Morgan fingerprint density at radius 1 is 1.45 bits per heavy atom. The van der Waals surface area contributed by atoms with Crippen LogP contribution in [0.5, 0.6) is 0 Å². The molecule has 22 heavy (non-hydrogen) atoms. The molecule has 3 rings (SSSR count). The van der Waals surface area contributed by atoms with Crippen molar-refractivity contribution in [1.29, 1.82) is 0 Å². The SMILES string of the molecule is O=C(CCc1ccccc1Cl)N1C[C@@H]2COCC[C@]2(CO)C1. The minimum atomic E-state index is -0.154. The van der Waals surface area contributed by atoms with Gasteiger partial charge in [0, 0.05) is 42.5 Å². The van der Waals surface area contributed by atoms with Crippen molar-refractivity contribution in [3.63, 3.8) is 0 Å². The Labute approximate surface area is 136 Å². The van der Waals surface area contributed by atoms with Gasteiger partial charge in [-0.1, -0.05) is 29.8 Å². The van der Waals surface area contributed by atoms with Crippen molar-refractivity contribution < 1.29 is 14.6 Å². The smallest absolute Gasteiger partial charge is 0.222 e. The second-order valence-corrected chi connectivity index (χ2v) is 6.82. The molecule has 0 unspecified atom stereocenters. The second kappa shape index (κ2) is 6.57. The molecule has 120 valence electrons. The molecular weight excluding hydrogens is 302 g/mol. The van der Waals surface area contributed by atoms with Crippen molar-refractivity contribution in [1.82, 2.24) is 4.90 Å². The average Bonchev–Trinajstić information content (AvgIpc) is 2.94. The Hall–Kier alpha value is -1.10. The zero-order valence-electron chi connectivity index (χ0n) is 12.6. The molecule has 0 bridgehead atoms. The van der Waals surface area contributed by atoms with E-state index in [1.807, 2.05) is 29.2 Å². The fourth-order valence-corrected chi connectivity index (χ4v) is 3.83. The highest BCUT2D eigenvalue weighted by Gasteiger charge is 2.48. The minimum absolute atomic E-state index is 0.134. The van der Waals surface area contributed by atoms with Gasteiger partial charge in [-0.15, -0.1) is 0 Å². The number of halogens is 1. The Kier molecular flexibility index (Phi) is 4.71. The number of hydrogen-bond donors (Lipinski definition) is 1. The van der Waals surface area contributed by atoms with E-state index in [9.17, 15) is 9.90 Å². The molecule has 0 aromatic heterocycles. The monoisotopic (exact) mass is 323 g/mol. The summed E-state index contributed by atoms with van der Waals surface area (Å²) in [5.74, 6) is 0.401. The first-order valence-corrected chi connectivity index (χ1v) is 8.22. The van der Waals surface area contributed by atoms with Crippen LogP contribution in [0.25, 0.3) is 0 Å². The van der Waals surface area contributed by atoms with Gasteiger partial charge >= 0.3 is 0 Å². The van der Waals surface area contributed by atoms with Crippen LogP contribution >= 0.6 is 11.6 Å². The van der Waals surface area contributed by atoms with Gasteiger partial charge < -0.3 is 14.7 Å². The van der Waals surface area contributed by atoms with E-state index in [0.717, 1.165) is 12.0 Å². The lowest BCUT2D eigenvalue weighted by atomic mass is 9.75. The van der Waals surface area contributed by atoms with Gasteiger partial charge in [-0.05, 0) is 24.5 Å². The normalized spacial score (nSPS) is 27.7. The van der Waals surface area contributed by atoms with Crippen LogP contribution in [0.2, 0.25) is 5.02 Å². The number of aliphatic hydroxyl groups excluding tert-OH is 1. The number of carbonyl (C=O) groups excluding carboxylic acids is 1. The maximum absolute atomic E-state index is 12.5. The van der Waals surface area contributed by atoms with E-state index in [1.54, 1.807) is 0 Å². The fourth-order valence-electron chi connectivity index (χ4n) is 3.60. The molecule has 2 aliphatic heterocycles. The summed E-state index contributed by atoms with van der Waals surface area (Å²) in [6.45, 7) is 2.81. The quantitative estimate of drug-likeness (QED) is 0.923. The van der Waals surface area contributed by atoms with Gasteiger partial charge in [-0.2, -0.15) is 0 Å². The summed E-state index contributed by atoms with van der Waals surface area (Å²) >= 11 is 6.14. The van der Waals surface area contributed by atoms with Crippen LogP contribution < -0.4 is 0 Å². The van der Waals surface area contributed by atoms with Crippen LogP contribution in [-0.4, -0.2) is 48.8 Å². The standard InChI is InChI=1S/C17H22ClNO3/c18-15-4-2-1-3-13(15)5-6-16(21)19-9-14-10-22-8-7-17(14,11-19)12-20/h1-4,14,20H,5-12H2/t14-,17-/m1/s1. The fraction of sp³-hybridized carbons (Fsp3) is 0.588. The van der Waals surface area contributed by atoms with Gasteiger partial charge in [-0.25, -0.2) is 0 Å². The summed E-state index contributed by atoms with van der Waals surface area (Å²) in [6, 6.07) is 7.64. The number of carbonyl (C=O) groups is 1. The number of fused-ring (bicyclic) bond motifs is 1. The van der Waals surface area contributed by atoms with E-state index in [-0.39, 0.29) is 23.8 Å². The summed E-state index contributed by atoms with van der Waals surface area (Å²) in [5.41, 5.74) is 0.854. The molecule has 2 fully saturated rings. The van der Waals surface area contributed by atoms with Crippen LogP contribution in [0.3, 0.4) is 0 Å². The summed E-state index contributed by atoms with van der Waals surface area (Å²) in [5, 5.41) is 10.5. The number of likely N-dealkylation sites (tertiary alicyclic amines) is 1. The van der Waals surface area contributed by atoms with Crippen molar-refractivity contribution in [3.05, 3.63) is 34.9 Å². The van der Waals surface area contributed by atoms with E-state index >= 15 is 0 Å². The number of benzene rings is 1. The lowest BCUT2D eigenvalue weighted by Gasteiger charge is -2.36. The Morgan fingerprint density at radius 2 is 2.27 bits per heavy atom. The molecule has 1 aromatic carbocycles. The molecule has 2 atom stereocenters. The van der Waals surface area contributed by atoms with Crippen molar-refractivity contribution in [2.75, 3.05) is 32.9 Å². The van der Waals surface area contributed by atoms with Crippen LogP contribution in [-0.2, 0) is 16.0 Å². The molecule has 2 heterocycles. The summed E-state index contributed by atoms with van der Waals surface area (Å²) < 4.78 is 5.52. The summed E-state index contributed by atoms with van der Waals surface area (Å²) in [6.07, 6.45) is 1.95. The van der Waals surface area contributed by atoms with Crippen molar-refractivity contribution in [2.24, 2.45) is 11.3 Å². The highest BCUT2D eigenvalue weighted by molar-refractivity contribution is 6.31. The van der Waals surface area contributed by atoms with Crippen molar-refractivity contribution in [2.45, 2.75) is 19.3 Å². The van der Waals surface area contributed by atoms with Crippen LogP contribution in [0.15, 0.2) is 24.3 Å². The maximum Gasteiger partial charge on any atom is 0.222 e. The van der Waals surface area contributed by atoms with Gasteiger partial charge in [0.15, 0.2) is 0 Å². The summed E-state index contributed by atoms with van der Waals surface area (Å²) in [4.78, 5) is 14.4. The largest absolute Gasteiger partial charge is 0.396 e. The third-order valence-electron chi connectivity index (χ3n) is 5.11. The number of hydrogen-bond acceptors (Lipinski definition) is 3. The average molecular weight is 324 g/mol. The van der Waals surface area contributed by atoms with Gasteiger partial charge in [0.25, 0.3) is 0 Å². The number of aryl methyl sites for hydroxylation is 1. The zero-order chi connectivity index (χ0) is 15.6. The molecule has 0 radical (unpaired) electrons. The Bertz CT molecular complexity index is 550. The number of nitrogens with zero attached hydrogens (tertiary/aromatic N) is 1. The molecule has 0 spiro atoms. The van der Waals surface area contributed by atoms with Gasteiger partial charge in [0.05, 0.1) is 13.2 Å². The zero-order valence-corrected chi connectivity index (χ0v) is 13.4. The number of ether oxygens (including phenoxy) is 1.